The molecule has 1 aliphatic heterocycles. The van der Waals surface area contributed by atoms with E-state index in [2.05, 4.69) is 22.9 Å². The number of nitrogens with zero attached hydrogens (tertiary/aromatic N) is 2. The van der Waals surface area contributed by atoms with E-state index in [1.165, 1.54) is 22.0 Å². The molecule has 0 spiro atoms. The van der Waals surface area contributed by atoms with Crippen LogP contribution in [0, 0.1) is 6.92 Å². The summed E-state index contributed by atoms with van der Waals surface area (Å²) in [6, 6.07) is 14.4. The van der Waals surface area contributed by atoms with E-state index in [1.54, 1.807) is 18.2 Å². The van der Waals surface area contributed by atoms with Crippen molar-refractivity contribution in [1.29, 1.82) is 0 Å². The first-order chi connectivity index (χ1) is 13.4. The number of piperazine rings is 1. The van der Waals surface area contributed by atoms with E-state index in [4.69, 9.17) is 0 Å². The highest BCUT2D eigenvalue weighted by Gasteiger charge is 2.29. The van der Waals surface area contributed by atoms with Gasteiger partial charge in [-0.1, -0.05) is 24.3 Å². The second-order valence-electron chi connectivity index (χ2n) is 6.76. The number of hydrogen-bond acceptors (Lipinski definition) is 4. The van der Waals surface area contributed by atoms with Gasteiger partial charge >= 0.3 is 0 Å². The third kappa shape index (κ3) is 4.43. The molecule has 1 aliphatic rings. The Hall–Kier alpha value is -2.64. The van der Waals surface area contributed by atoms with Crippen molar-refractivity contribution in [2.45, 2.75) is 11.8 Å². The second kappa shape index (κ2) is 8.58. The van der Waals surface area contributed by atoms with Crippen molar-refractivity contribution in [1.82, 2.24) is 9.62 Å². The molecule has 1 saturated heterocycles. The van der Waals surface area contributed by atoms with Crippen LogP contribution in [0.5, 0.6) is 0 Å². The number of carbonyl (C=O) groups excluding carboxylic acids is 1. The summed E-state index contributed by atoms with van der Waals surface area (Å²) in [6.45, 7) is 8.00. The molecule has 7 heteroatoms. The molecule has 148 valence electrons. The summed E-state index contributed by atoms with van der Waals surface area (Å²) >= 11 is 0. The van der Waals surface area contributed by atoms with E-state index in [0.29, 0.717) is 38.3 Å². The van der Waals surface area contributed by atoms with E-state index in [1.807, 2.05) is 25.1 Å². The van der Waals surface area contributed by atoms with Gasteiger partial charge in [0.25, 0.3) is 5.91 Å². The van der Waals surface area contributed by atoms with Crippen LogP contribution in [0.1, 0.15) is 15.9 Å². The standard InChI is InChI=1S/C21H25N3O3S/c1-3-10-22-21(25)18-7-5-9-20(16-18)28(26,27)24-13-11-23(12-14-24)19-8-4-6-17(2)15-19/h3-9,15-16H,1,10-14H2,2H3,(H,22,25). The zero-order chi connectivity index (χ0) is 20.1. The van der Waals surface area contributed by atoms with Gasteiger partial charge in [0.05, 0.1) is 4.90 Å². The Labute approximate surface area is 166 Å². The number of nitrogens with one attached hydrogen (secondary N) is 1. The van der Waals surface area contributed by atoms with E-state index in [9.17, 15) is 13.2 Å². The molecular weight excluding hydrogens is 374 g/mol. The second-order valence-corrected chi connectivity index (χ2v) is 8.69. The fourth-order valence-corrected chi connectivity index (χ4v) is 4.69. The normalized spacial score (nSPS) is 15.2. The maximum Gasteiger partial charge on any atom is 0.251 e. The van der Waals surface area contributed by atoms with Crippen molar-refractivity contribution < 1.29 is 13.2 Å². The summed E-state index contributed by atoms with van der Waals surface area (Å²) in [5, 5.41) is 2.66. The number of benzene rings is 2. The van der Waals surface area contributed by atoms with Gasteiger partial charge in [0, 0.05) is 44.0 Å². The smallest absolute Gasteiger partial charge is 0.251 e. The van der Waals surface area contributed by atoms with Gasteiger partial charge in [-0.25, -0.2) is 8.42 Å². The average Bonchev–Trinajstić information content (AvgIpc) is 2.72. The lowest BCUT2D eigenvalue weighted by Crippen LogP contribution is -2.48. The predicted molar refractivity (Wildman–Crippen MR) is 111 cm³/mol. The number of sulfonamides is 1. The van der Waals surface area contributed by atoms with Crippen molar-refractivity contribution in [3.8, 4) is 0 Å². The summed E-state index contributed by atoms with van der Waals surface area (Å²) in [5.41, 5.74) is 2.61. The first-order valence-corrected chi connectivity index (χ1v) is 10.7. The fourth-order valence-electron chi connectivity index (χ4n) is 3.23. The minimum atomic E-state index is -3.65. The molecule has 1 heterocycles. The number of amides is 1. The first-order valence-electron chi connectivity index (χ1n) is 9.23. The van der Waals surface area contributed by atoms with Crippen LogP contribution in [0.25, 0.3) is 0 Å². The SMILES string of the molecule is C=CCNC(=O)c1cccc(S(=O)(=O)N2CCN(c3cccc(C)c3)CC2)c1. The molecule has 0 saturated carbocycles. The van der Waals surface area contributed by atoms with Crippen molar-refractivity contribution in [2.24, 2.45) is 0 Å². The number of anilines is 1. The third-order valence-electron chi connectivity index (χ3n) is 4.75. The number of rotatable bonds is 6. The van der Waals surface area contributed by atoms with Gasteiger partial charge in [0.15, 0.2) is 0 Å². The first kappa shape index (κ1) is 20.1. The third-order valence-corrected chi connectivity index (χ3v) is 6.64. The lowest BCUT2D eigenvalue weighted by Gasteiger charge is -2.35. The maximum atomic E-state index is 13.0. The maximum absolute atomic E-state index is 13.0. The number of aryl methyl sites for hydroxylation is 1. The summed E-state index contributed by atoms with van der Waals surface area (Å²) in [7, 11) is -3.65. The molecule has 0 aliphatic carbocycles. The van der Waals surface area contributed by atoms with Crippen LogP contribution in [0.3, 0.4) is 0 Å². The summed E-state index contributed by atoms with van der Waals surface area (Å²) in [6.07, 6.45) is 1.58. The van der Waals surface area contributed by atoms with E-state index < -0.39 is 10.0 Å². The van der Waals surface area contributed by atoms with Gasteiger partial charge in [-0.05, 0) is 42.8 Å². The predicted octanol–water partition coefficient (Wildman–Crippen LogP) is 2.42. The van der Waals surface area contributed by atoms with Crippen LogP contribution in [0.15, 0.2) is 66.1 Å². The topological polar surface area (TPSA) is 69.7 Å². The lowest BCUT2D eigenvalue weighted by molar-refractivity contribution is 0.0958. The fraction of sp³-hybridized carbons (Fsp3) is 0.286. The molecule has 0 bridgehead atoms. The van der Waals surface area contributed by atoms with E-state index in [-0.39, 0.29) is 10.8 Å². The molecule has 1 amide bonds. The van der Waals surface area contributed by atoms with E-state index >= 15 is 0 Å². The largest absolute Gasteiger partial charge is 0.369 e. The molecule has 6 nitrogen and oxygen atoms in total. The Morgan fingerprint density at radius 1 is 1.11 bits per heavy atom. The molecule has 0 radical (unpaired) electrons. The molecule has 1 N–H and O–H groups in total. The zero-order valence-corrected chi connectivity index (χ0v) is 16.8. The van der Waals surface area contributed by atoms with Crippen LogP contribution < -0.4 is 10.2 Å². The molecule has 2 aromatic rings. The molecular formula is C21H25N3O3S. The highest BCUT2D eigenvalue weighted by molar-refractivity contribution is 7.89. The van der Waals surface area contributed by atoms with Crippen LogP contribution >= 0.6 is 0 Å². The molecule has 0 aromatic heterocycles. The summed E-state index contributed by atoms with van der Waals surface area (Å²) in [5.74, 6) is -0.318. The van der Waals surface area contributed by atoms with Crippen LogP contribution in [0.2, 0.25) is 0 Å². The lowest BCUT2D eigenvalue weighted by atomic mass is 10.2. The molecule has 0 atom stereocenters. The molecule has 1 fully saturated rings. The molecule has 3 rings (SSSR count). The minimum Gasteiger partial charge on any atom is -0.369 e. The van der Waals surface area contributed by atoms with Crippen molar-refractivity contribution >= 4 is 21.6 Å². The monoisotopic (exact) mass is 399 g/mol. The van der Waals surface area contributed by atoms with Gasteiger partial charge in [-0.2, -0.15) is 4.31 Å². The van der Waals surface area contributed by atoms with Crippen LogP contribution in [-0.4, -0.2) is 51.4 Å². The van der Waals surface area contributed by atoms with Gasteiger partial charge in [0.2, 0.25) is 10.0 Å². The zero-order valence-electron chi connectivity index (χ0n) is 16.0. The quantitative estimate of drug-likeness (QED) is 0.758. The van der Waals surface area contributed by atoms with Crippen molar-refractivity contribution in [3.63, 3.8) is 0 Å². The minimum absolute atomic E-state index is 0.141. The molecule has 0 unspecified atom stereocenters. The molecule has 2 aromatic carbocycles. The van der Waals surface area contributed by atoms with Gasteiger partial charge in [-0.3, -0.25) is 4.79 Å². The van der Waals surface area contributed by atoms with E-state index in [0.717, 1.165) is 5.69 Å². The summed E-state index contributed by atoms with van der Waals surface area (Å²) in [4.78, 5) is 14.4. The van der Waals surface area contributed by atoms with Crippen molar-refractivity contribution in [3.05, 3.63) is 72.3 Å². The summed E-state index contributed by atoms with van der Waals surface area (Å²) < 4.78 is 27.6. The highest BCUT2D eigenvalue weighted by Crippen LogP contribution is 2.22. The Bertz CT molecular complexity index is 964. The van der Waals surface area contributed by atoms with Crippen LogP contribution in [0.4, 0.5) is 5.69 Å². The highest BCUT2D eigenvalue weighted by atomic mass is 32.2. The Morgan fingerprint density at radius 3 is 2.50 bits per heavy atom. The van der Waals surface area contributed by atoms with Gasteiger partial charge in [0.1, 0.15) is 0 Å². The van der Waals surface area contributed by atoms with Crippen LogP contribution in [-0.2, 0) is 10.0 Å². The Balaban J connectivity index is 1.72. The average molecular weight is 400 g/mol. The van der Waals surface area contributed by atoms with Gasteiger partial charge < -0.3 is 10.2 Å². The number of hydrogen-bond donors (Lipinski definition) is 1. The Kier molecular flexibility index (Phi) is 6.16. The molecule has 28 heavy (non-hydrogen) atoms. The Morgan fingerprint density at radius 2 is 1.82 bits per heavy atom. The number of carbonyl (C=O) groups is 1. The van der Waals surface area contributed by atoms with Crippen molar-refractivity contribution in [2.75, 3.05) is 37.6 Å². The van der Waals surface area contributed by atoms with Gasteiger partial charge in [-0.15, -0.1) is 6.58 Å².